The van der Waals surface area contributed by atoms with E-state index in [-0.39, 0.29) is 11.7 Å². The summed E-state index contributed by atoms with van der Waals surface area (Å²) in [6.07, 6.45) is 5.67. The molecular weight excluding hydrogens is 759 g/mol. The molecule has 1 N–H and O–H groups in total. The molecule has 7 aromatic rings. The molecular formula is C45H46Cl2N6O4. The number of aromatic nitrogens is 5. The first kappa shape index (κ1) is 39.6. The van der Waals surface area contributed by atoms with Crippen LogP contribution in [0.2, 0.25) is 10.0 Å². The Hall–Kier alpha value is -5.58. The molecule has 0 saturated carbocycles. The van der Waals surface area contributed by atoms with Crippen molar-refractivity contribution in [2.75, 3.05) is 25.1 Å². The Balaban J connectivity index is 1.31. The largest absolute Gasteiger partial charge is 0.494 e. The first-order valence-corrected chi connectivity index (χ1v) is 19.7. The van der Waals surface area contributed by atoms with Crippen LogP contribution in [0.4, 0.5) is 5.69 Å². The first-order chi connectivity index (χ1) is 27.3. The number of aldehydes is 1. The van der Waals surface area contributed by atoms with Gasteiger partial charge < -0.3 is 23.9 Å². The van der Waals surface area contributed by atoms with Crippen molar-refractivity contribution in [2.24, 2.45) is 7.05 Å². The third-order valence-electron chi connectivity index (χ3n) is 11.0. The standard InChI is InChI=1S/C45H46Cl2N6O4/c1-26-19-33(20-27(2)42(26)47)57-18-10-13-34-35-15-16-36(46)41(40-29(4)49-51(7)30(40)5)44(35)53(39(34)25-54)28(3)23-50(6)37-14-8-12-32-21-38(45(55)56)52(43(32)37)24-31-11-9-17-48-22-31/h8-9,11-12,14-17,19-22,25,28H,10,13,18,23-24H2,1-7H3,(H,55,56)/t28-/m1/s1. The first-order valence-electron chi connectivity index (χ1n) is 19.0. The van der Waals surface area contributed by atoms with Crippen LogP contribution in [0.5, 0.6) is 5.75 Å². The highest BCUT2D eigenvalue weighted by Gasteiger charge is 2.28. The highest BCUT2D eigenvalue weighted by atomic mass is 35.5. The average molecular weight is 806 g/mol. The van der Waals surface area contributed by atoms with E-state index < -0.39 is 5.97 Å². The van der Waals surface area contributed by atoms with Crippen LogP contribution in [0.15, 0.2) is 73.1 Å². The summed E-state index contributed by atoms with van der Waals surface area (Å²) in [5, 5.41) is 18.1. The van der Waals surface area contributed by atoms with Crippen LogP contribution in [0, 0.1) is 27.7 Å². The highest BCUT2D eigenvalue weighted by molar-refractivity contribution is 6.35. The minimum atomic E-state index is -1.01. The Morgan fingerprint density at radius 2 is 1.75 bits per heavy atom. The molecule has 1 atom stereocenters. The van der Waals surface area contributed by atoms with Gasteiger partial charge in [0.1, 0.15) is 11.4 Å². The molecule has 0 fully saturated rings. The van der Waals surface area contributed by atoms with Gasteiger partial charge in [0.15, 0.2) is 6.29 Å². The van der Waals surface area contributed by atoms with Gasteiger partial charge in [0.2, 0.25) is 0 Å². The number of rotatable bonds is 14. The Morgan fingerprint density at radius 3 is 2.40 bits per heavy atom. The van der Waals surface area contributed by atoms with Gasteiger partial charge in [-0.15, -0.1) is 0 Å². The van der Waals surface area contributed by atoms with Gasteiger partial charge in [-0.25, -0.2) is 4.79 Å². The summed E-state index contributed by atoms with van der Waals surface area (Å²) in [4.78, 5) is 32.3. The summed E-state index contributed by atoms with van der Waals surface area (Å²) in [7, 11) is 3.92. The van der Waals surface area contributed by atoms with E-state index in [1.165, 1.54) is 0 Å². The van der Waals surface area contributed by atoms with Crippen molar-refractivity contribution in [3.63, 3.8) is 0 Å². The summed E-state index contributed by atoms with van der Waals surface area (Å²) in [5.41, 5.74) is 10.6. The zero-order valence-corrected chi connectivity index (χ0v) is 34.7. The van der Waals surface area contributed by atoms with Gasteiger partial charge in [-0.1, -0.05) is 47.5 Å². The van der Waals surface area contributed by atoms with E-state index >= 15 is 0 Å². The third-order valence-corrected chi connectivity index (χ3v) is 11.9. The van der Waals surface area contributed by atoms with Crippen molar-refractivity contribution in [1.82, 2.24) is 23.9 Å². The Morgan fingerprint density at radius 1 is 1.00 bits per heavy atom. The Labute approximate surface area is 342 Å². The summed E-state index contributed by atoms with van der Waals surface area (Å²) in [6, 6.07) is 19.0. The molecule has 7 rings (SSSR count). The lowest BCUT2D eigenvalue weighted by Crippen LogP contribution is -2.27. The number of carboxylic acid groups (broad SMARTS) is 1. The number of pyridine rings is 1. The predicted octanol–water partition coefficient (Wildman–Crippen LogP) is 10.2. The van der Waals surface area contributed by atoms with E-state index in [9.17, 15) is 14.7 Å². The normalized spacial score (nSPS) is 12.1. The number of aromatic carboxylic acids is 1. The lowest BCUT2D eigenvalue weighted by atomic mass is 9.98. The third kappa shape index (κ3) is 7.40. The second-order valence-corrected chi connectivity index (χ2v) is 15.7. The van der Waals surface area contributed by atoms with E-state index in [0.29, 0.717) is 43.3 Å². The number of anilines is 1. The SMILES string of the molecule is Cc1cc(OCCCc2c(C=O)n([C@H](C)CN(C)c3cccc4cc(C(=O)O)n(Cc5cccnc5)c34)c3c(-c4c(C)nn(C)c4C)c(Cl)ccc23)cc(C)c1Cl. The minimum absolute atomic E-state index is 0.193. The Kier molecular flexibility index (Phi) is 11.2. The number of nitrogens with zero attached hydrogens (tertiary/aromatic N) is 6. The molecule has 12 heteroatoms. The second-order valence-electron chi connectivity index (χ2n) is 14.9. The maximum Gasteiger partial charge on any atom is 0.352 e. The van der Waals surface area contributed by atoms with Crippen molar-refractivity contribution in [1.29, 1.82) is 0 Å². The fourth-order valence-electron chi connectivity index (χ4n) is 8.32. The quantitative estimate of drug-likeness (QED) is 0.0861. The van der Waals surface area contributed by atoms with Crippen molar-refractivity contribution in [3.8, 4) is 16.9 Å². The molecule has 0 saturated heterocycles. The van der Waals surface area contributed by atoms with Gasteiger partial charge in [-0.2, -0.15) is 5.10 Å². The van der Waals surface area contributed by atoms with Gasteiger partial charge in [-0.05, 0) is 106 Å². The molecule has 0 aliphatic heterocycles. The molecule has 0 bridgehead atoms. The molecule has 0 aliphatic carbocycles. The minimum Gasteiger partial charge on any atom is -0.494 e. The van der Waals surface area contributed by atoms with Crippen LogP contribution in [-0.4, -0.2) is 61.5 Å². The number of halogens is 2. The highest BCUT2D eigenvalue weighted by Crippen LogP contribution is 2.43. The molecule has 0 unspecified atom stereocenters. The zero-order valence-electron chi connectivity index (χ0n) is 33.2. The molecule has 10 nitrogen and oxygen atoms in total. The fraction of sp³-hybridized carbons (Fsp3) is 0.289. The molecule has 0 spiro atoms. The molecule has 3 aromatic carbocycles. The van der Waals surface area contributed by atoms with E-state index in [1.54, 1.807) is 18.5 Å². The summed E-state index contributed by atoms with van der Waals surface area (Å²) < 4.78 is 12.0. The average Bonchev–Trinajstić information content (AvgIpc) is 3.80. The van der Waals surface area contributed by atoms with Gasteiger partial charge in [0.25, 0.3) is 0 Å². The predicted molar refractivity (Wildman–Crippen MR) is 229 cm³/mol. The number of hydrogen-bond donors (Lipinski definition) is 1. The van der Waals surface area contributed by atoms with Crippen LogP contribution in [0.1, 0.15) is 74.0 Å². The topological polar surface area (TPSA) is 107 Å². The van der Waals surface area contributed by atoms with E-state index in [0.717, 1.165) is 89.3 Å². The molecule has 0 amide bonds. The lowest BCUT2D eigenvalue weighted by Gasteiger charge is -2.28. The molecule has 4 aromatic heterocycles. The number of para-hydroxylation sites is 1. The van der Waals surface area contributed by atoms with Crippen molar-refractivity contribution in [3.05, 3.63) is 128 Å². The summed E-state index contributed by atoms with van der Waals surface area (Å²) >= 11 is 13.6. The van der Waals surface area contributed by atoms with E-state index in [4.69, 9.17) is 33.0 Å². The lowest BCUT2D eigenvalue weighted by molar-refractivity contribution is 0.0686. The number of fused-ring (bicyclic) bond motifs is 2. The molecule has 0 radical (unpaired) electrons. The number of aryl methyl sites for hydroxylation is 5. The van der Waals surface area contributed by atoms with Gasteiger partial charge in [-0.3, -0.25) is 14.5 Å². The van der Waals surface area contributed by atoms with Crippen molar-refractivity contribution >= 4 is 63.0 Å². The van der Waals surface area contributed by atoms with Gasteiger partial charge >= 0.3 is 5.97 Å². The van der Waals surface area contributed by atoms with Crippen LogP contribution in [-0.2, 0) is 20.0 Å². The maximum absolute atomic E-state index is 13.4. The number of hydrogen-bond acceptors (Lipinski definition) is 6. The monoisotopic (exact) mass is 804 g/mol. The van der Waals surface area contributed by atoms with Crippen LogP contribution in [0.3, 0.4) is 0 Å². The van der Waals surface area contributed by atoms with Crippen LogP contribution in [0.25, 0.3) is 32.9 Å². The number of carboxylic acids is 1. The molecule has 57 heavy (non-hydrogen) atoms. The van der Waals surface area contributed by atoms with E-state index in [2.05, 4.69) is 21.4 Å². The molecule has 0 aliphatic rings. The van der Waals surface area contributed by atoms with Crippen molar-refractivity contribution < 1.29 is 19.4 Å². The number of benzene rings is 3. The van der Waals surface area contributed by atoms with Crippen molar-refractivity contribution in [2.45, 2.75) is 60.0 Å². The maximum atomic E-state index is 13.4. The fourth-order valence-corrected chi connectivity index (χ4v) is 8.68. The number of carbonyl (C=O) groups is 2. The second kappa shape index (κ2) is 16.1. The number of ether oxygens (including phenoxy) is 1. The smallest absolute Gasteiger partial charge is 0.352 e. The Bertz CT molecular complexity index is 2640. The van der Waals surface area contributed by atoms with Crippen LogP contribution < -0.4 is 9.64 Å². The molecule has 4 heterocycles. The summed E-state index contributed by atoms with van der Waals surface area (Å²) in [5.74, 6) is -0.244. The number of likely N-dealkylation sites (N-methyl/N-ethyl adjacent to an activating group) is 1. The van der Waals surface area contributed by atoms with Crippen LogP contribution >= 0.6 is 23.2 Å². The molecule has 294 valence electrons. The van der Waals surface area contributed by atoms with Gasteiger partial charge in [0, 0.05) is 78.2 Å². The van der Waals surface area contributed by atoms with Gasteiger partial charge in [0.05, 0.1) is 39.7 Å². The summed E-state index contributed by atoms with van der Waals surface area (Å²) in [6.45, 7) is 11.3. The zero-order chi connectivity index (χ0) is 40.7. The van der Waals surface area contributed by atoms with E-state index in [1.807, 2.05) is 106 Å². The number of carbonyl (C=O) groups excluding carboxylic acids is 1.